The lowest BCUT2D eigenvalue weighted by atomic mass is 9.81. The van der Waals surface area contributed by atoms with Crippen LogP contribution in [0.5, 0.6) is 0 Å². The molecule has 0 bridgehead atoms. The van der Waals surface area contributed by atoms with E-state index in [1.807, 2.05) is 0 Å². The van der Waals surface area contributed by atoms with Crippen molar-refractivity contribution in [2.75, 3.05) is 26.2 Å². The molecule has 3 N–H and O–H groups in total. The third kappa shape index (κ3) is 2.83. The first-order valence-electron chi connectivity index (χ1n) is 6.87. The molecule has 1 fully saturated rings. The lowest BCUT2D eigenvalue weighted by Gasteiger charge is -2.42. The molecule has 1 aliphatic carbocycles. The highest BCUT2D eigenvalue weighted by molar-refractivity contribution is 5.28. The van der Waals surface area contributed by atoms with Gasteiger partial charge in [0, 0.05) is 30.4 Å². The monoisotopic (exact) mass is 235 g/mol. The van der Waals surface area contributed by atoms with Crippen molar-refractivity contribution < 1.29 is 0 Å². The van der Waals surface area contributed by atoms with Gasteiger partial charge in [-0.1, -0.05) is 13.0 Å². The summed E-state index contributed by atoms with van der Waals surface area (Å²) in [4.78, 5) is 2.51. The molecule has 2 aliphatic rings. The molecule has 0 radical (unpaired) electrons. The van der Waals surface area contributed by atoms with E-state index >= 15 is 0 Å². The molecule has 3 nitrogen and oxygen atoms in total. The van der Waals surface area contributed by atoms with E-state index in [-0.39, 0.29) is 0 Å². The molecular weight excluding hydrogens is 210 g/mol. The summed E-state index contributed by atoms with van der Waals surface area (Å²) in [7, 11) is 0. The molecule has 2 rings (SSSR count). The Hall–Kier alpha value is -0.960. The maximum absolute atomic E-state index is 5.92. The summed E-state index contributed by atoms with van der Waals surface area (Å²) in [6.07, 6.45) is 6.79. The van der Waals surface area contributed by atoms with E-state index in [9.17, 15) is 0 Å². The van der Waals surface area contributed by atoms with Gasteiger partial charge in [0.25, 0.3) is 0 Å². The number of fused-ring (bicyclic) bond motifs is 1. The largest absolute Gasteiger partial charge is 0.399 e. The van der Waals surface area contributed by atoms with Crippen molar-refractivity contribution in [2.45, 2.75) is 26.7 Å². The summed E-state index contributed by atoms with van der Waals surface area (Å²) in [6.45, 7) is 8.91. The molecule has 0 amide bonds. The van der Waals surface area contributed by atoms with Gasteiger partial charge in [-0.3, -0.25) is 0 Å². The second-order valence-electron chi connectivity index (χ2n) is 5.15. The van der Waals surface area contributed by atoms with Crippen molar-refractivity contribution in [3.8, 4) is 0 Å². The van der Waals surface area contributed by atoms with E-state index < -0.39 is 0 Å². The van der Waals surface area contributed by atoms with Gasteiger partial charge in [0.1, 0.15) is 0 Å². The van der Waals surface area contributed by atoms with Crippen molar-refractivity contribution in [1.82, 2.24) is 10.2 Å². The SMILES string of the molecule is CCNCC1CC2CC=C(N)C=C2N(CC)C1. The number of hydrogen-bond acceptors (Lipinski definition) is 3. The maximum atomic E-state index is 5.92. The van der Waals surface area contributed by atoms with Crippen molar-refractivity contribution >= 4 is 0 Å². The van der Waals surface area contributed by atoms with Crippen LogP contribution in [0.2, 0.25) is 0 Å². The zero-order valence-electron chi connectivity index (χ0n) is 11.1. The highest BCUT2D eigenvalue weighted by Crippen LogP contribution is 2.35. The van der Waals surface area contributed by atoms with Crippen molar-refractivity contribution in [3.05, 3.63) is 23.5 Å². The zero-order valence-corrected chi connectivity index (χ0v) is 11.1. The number of nitrogens with zero attached hydrogens (tertiary/aromatic N) is 1. The van der Waals surface area contributed by atoms with E-state index in [1.165, 1.54) is 18.7 Å². The normalized spacial score (nSPS) is 28.5. The zero-order chi connectivity index (χ0) is 12.3. The third-order valence-electron chi connectivity index (χ3n) is 3.90. The van der Waals surface area contributed by atoms with E-state index in [4.69, 9.17) is 5.73 Å². The van der Waals surface area contributed by atoms with Gasteiger partial charge in [0.2, 0.25) is 0 Å². The fourth-order valence-electron chi connectivity index (χ4n) is 3.02. The number of nitrogens with one attached hydrogen (secondary N) is 1. The molecule has 1 saturated heterocycles. The Balaban J connectivity index is 2.04. The molecule has 0 aromatic carbocycles. The summed E-state index contributed by atoms with van der Waals surface area (Å²) < 4.78 is 0. The first kappa shape index (κ1) is 12.5. The van der Waals surface area contributed by atoms with E-state index in [0.29, 0.717) is 5.92 Å². The number of nitrogens with two attached hydrogens (primary N) is 1. The molecule has 2 unspecified atom stereocenters. The van der Waals surface area contributed by atoms with Crippen LogP contribution in [0.3, 0.4) is 0 Å². The van der Waals surface area contributed by atoms with Crippen LogP contribution in [-0.2, 0) is 0 Å². The van der Waals surface area contributed by atoms with E-state index in [1.54, 1.807) is 0 Å². The van der Waals surface area contributed by atoms with Gasteiger partial charge in [-0.25, -0.2) is 0 Å². The minimum atomic E-state index is 0.694. The maximum Gasteiger partial charge on any atom is 0.0291 e. The van der Waals surface area contributed by atoms with Gasteiger partial charge in [0.05, 0.1) is 0 Å². The second-order valence-corrected chi connectivity index (χ2v) is 5.15. The minimum Gasteiger partial charge on any atom is -0.399 e. The third-order valence-corrected chi connectivity index (χ3v) is 3.90. The van der Waals surface area contributed by atoms with Crippen LogP contribution in [0.25, 0.3) is 0 Å². The smallest absolute Gasteiger partial charge is 0.0291 e. The Morgan fingerprint density at radius 3 is 3.00 bits per heavy atom. The van der Waals surface area contributed by atoms with Crippen molar-refractivity contribution in [2.24, 2.45) is 17.6 Å². The number of hydrogen-bond donors (Lipinski definition) is 2. The summed E-state index contributed by atoms with van der Waals surface area (Å²) in [5.74, 6) is 1.48. The average Bonchev–Trinajstić information content (AvgIpc) is 2.35. The highest BCUT2D eigenvalue weighted by Gasteiger charge is 2.30. The van der Waals surface area contributed by atoms with Crippen LogP contribution < -0.4 is 11.1 Å². The molecule has 0 spiro atoms. The second kappa shape index (κ2) is 5.58. The van der Waals surface area contributed by atoms with E-state index in [2.05, 4.69) is 36.2 Å². The number of piperidine rings is 1. The predicted octanol–water partition coefficient (Wildman–Crippen LogP) is 1.68. The van der Waals surface area contributed by atoms with Crippen LogP contribution in [-0.4, -0.2) is 31.1 Å². The Kier molecular flexibility index (Phi) is 4.11. The van der Waals surface area contributed by atoms with Gasteiger partial charge < -0.3 is 16.0 Å². The first-order chi connectivity index (χ1) is 8.24. The Morgan fingerprint density at radius 1 is 1.47 bits per heavy atom. The highest BCUT2D eigenvalue weighted by atomic mass is 15.2. The molecule has 2 atom stereocenters. The van der Waals surface area contributed by atoms with Gasteiger partial charge in [0.15, 0.2) is 0 Å². The molecular formula is C14H25N3. The average molecular weight is 235 g/mol. The molecule has 0 aromatic rings. The molecule has 1 aliphatic heterocycles. The molecule has 17 heavy (non-hydrogen) atoms. The summed E-state index contributed by atoms with van der Waals surface area (Å²) in [5.41, 5.74) is 8.34. The number of likely N-dealkylation sites (tertiary alicyclic amines) is 1. The van der Waals surface area contributed by atoms with E-state index in [0.717, 1.165) is 37.7 Å². The molecule has 96 valence electrons. The van der Waals surface area contributed by atoms with Gasteiger partial charge in [-0.15, -0.1) is 0 Å². The van der Waals surface area contributed by atoms with Crippen LogP contribution >= 0.6 is 0 Å². The lowest BCUT2D eigenvalue weighted by molar-refractivity contribution is 0.183. The molecule has 3 heteroatoms. The van der Waals surface area contributed by atoms with Crippen LogP contribution in [0.1, 0.15) is 26.7 Å². The molecule has 1 heterocycles. The van der Waals surface area contributed by atoms with Crippen LogP contribution in [0.4, 0.5) is 0 Å². The number of rotatable bonds is 4. The van der Waals surface area contributed by atoms with Gasteiger partial charge in [-0.05, 0) is 44.8 Å². The Labute approximate surface area is 105 Å². The predicted molar refractivity (Wildman–Crippen MR) is 72.4 cm³/mol. The summed E-state index contributed by atoms with van der Waals surface area (Å²) in [6, 6.07) is 0. The lowest BCUT2D eigenvalue weighted by Crippen LogP contribution is -2.42. The molecule has 0 aromatic heterocycles. The van der Waals surface area contributed by atoms with Gasteiger partial charge >= 0.3 is 0 Å². The summed E-state index contributed by atoms with van der Waals surface area (Å²) in [5, 5.41) is 3.48. The first-order valence-corrected chi connectivity index (χ1v) is 6.87. The van der Waals surface area contributed by atoms with Crippen LogP contribution in [0, 0.1) is 11.8 Å². The van der Waals surface area contributed by atoms with Crippen LogP contribution in [0.15, 0.2) is 23.5 Å². The van der Waals surface area contributed by atoms with Crippen molar-refractivity contribution in [3.63, 3.8) is 0 Å². The Morgan fingerprint density at radius 2 is 2.29 bits per heavy atom. The number of allylic oxidation sites excluding steroid dienone is 3. The Bertz CT molecular complexity index is 319. The standard InChI is InChI=1S/C14H25N3/c1-3-16-9-11-7-12-5-6-13(15)8-14(12)17(4-2)10-11/h6,8,11-12,16H,3-5,7,9-10,15H2,1-2H3. The minimum absolute atomic E-state index is 0.694. The fourth-order valence-corrected chi connectivity index (χ4v) is 3.02. The summed E-state index contributed by atoms with van der Waals surface area (Å²) >= 11 is 0. The van der Waals surface area contributed by atoms with Crippen molar-refractivity contribution in [1.29, 1.82) is 0 Å². The quantitative estimate of drug-likeness (QED) is 0.779. The topological polar surface area (TPSA) is 41.3 Å². The van der Waals surface area contributed by atoms with Gasteiger partial charge in [-0.2, -0.15) is 0 Å². The molecule has 0 saturated carbocycles. The fraction of sp³-hybridized carbons (Fsp3) is 0.714.